The van der Waals surface area contributed by atoms with E-state index in [9.17, 15) is 9.90 Å². The molecule has 1 saturated carbocycles. The van der Waals surface area contributed by atoms with Gasteiger partial charge in [0.2, 0.25) is 5.91 Å². The molecule has 0 aromatic rings. The molecule has 176 valence electrons. The number of carbonyl (C=O) groups is 1. The Kier molecular flexibility index (Phi) is 7.16. The molecule has 0 aromatic carbocycles. The highest BCUT2D eigenvalue weighted by atomic mass is 35.5. The van der Waals surface area contributed by atoms with Crippen molar-refractivity contribution >= 4 is 23.4 Å². The Morgan fingerprint density at radius 3 is 2.52 bits per heavy atom. The molecule has 0 radical (unpaired) electrons. The number of likely N-dealkylation sites (tertiary alicyclic amines) is 1. The number of aliphatic imine (C=N–C) groups is 1. The zero-order chi connectivity index (χ0) is 22.2. The number of hydrogen-bond donors (Lipinski definition) is 1. The quantitative estimate of drug-likeness (QED) is 0.397. The number of nitrogens with one attached hydrogen (secondary N) is 1. The molecule has 4 aliphatic rings. The molecule has 3 saturated heterocycles. The van der Waals surface area contributed by atoms with Crippen LogP contribution in [0.3, 0.4) is 0 Å². The van der Waals surface area contributed by atoms with E-state index in [1.807, 2.05) is 6.92 Å². The summed E-state index contributed by atoms with van der Waals surface area (Å²) in [5.74, 6) is -0.442. The Hall–Kier alpha value is -0.890. The number of hydrogen-bond acceptors (Lipinski definition) is 6. The first-order valence-corrected chi connectivity index (χ1v) is 12.4. The molecule has 0 aromatic heterocycles. The van der Waals surface area contributed by atoms with Crippen molar-refractivity contribution in [2.45, 2.75) is 76.1 Å². The van der Waals surface area contributed by atoms with Gasteiger partial charge in [-0.25, -0.2) is 0 Å². The predicted molar refractivity (Wildman–Crippen MR) is 118 cm³/mol. The minimum Gasteiger partial charge on any atom is -0.862 e. The first-order valence-electron chi connectivity index (χ1n) is 12.0. The van der Waals surface area contributed by atoms with Gasteiger partial charge < -0.3 is 24.9 Å². The highest BCUT2D eigenvalue weighted by Gasteiger charge is 2.44. The molecule has 3 aliphatic heterocycles. The molecule has 1 amide bonds. The molecule has 7 atom stereocenters. The Morgan fingerprint density at radius 1 is 1.19 bits per heavy atom. The SMILES string of the molecule is CC1CC(C)C(CN=C([O-])C2CC(Cl)CC(N3CCC4(CC3)OCCO4)C2C)C(=O)N1. The second kappa shape index (κ2) is 9.54. The number of carbonyl (C=O) groups excluding carboxylic acids is 1. The van der Waals surface area contributed by atoms with Gasteiger partial charge in [-0.15, -0.1) is 11.6 Å². The van der Waals surface area contributed by atoms with Crippen LogP contribution in [0.4, 0.5) is 0 Å². The summed E-state index contributed by atoms with van der Waals surface area (Å²) in [5.41, 5.74) is 0. The molecule has 7 unspecified atom stereocenters. The monoisotopic (exact) mass is 454 g/mol. The van der Waals surface area contributed by atoms with Gasteiger partial charge in [0.1, 0.15) is 0 Å². The van der Waals surface area contributed by atoms with E-state index >= 15 is 0 Å². The van der Waals surface area contributed by atoms with Crippen LogP contribution < -0.4 is 10.4 Å². The molecule has 4 fully saturated rings. The minimum atomic E-state index is -0.395. The largest absolute Gasteiger partial charge is 0.862 e. The van der Waals surface area contributed by atoms with Gasteiger partial charge in [-0.3, -0.25) is 9.69 Å². The van der Waals surface area contributed by atoms with E-state index in [4.69, 9.17) is 21.1 Å². The lowest BCUT2D eigenvalue weighted by Gasteiger charge is -2.48. The number of amides is 1. The predicted octanol–water partition coefficient (Wildman–Crippen LogP) is 1.77. The normalized spacial score (nSPS) is 42.0. The minimum absolute atomic E-state index is 0.0196. The topological polar surface area (TPSA) is 86.2 Å². The van der Waals surface area contributed by atoms with Gasteiger partial charge in [-0.05, 0) is 49.8 Å². The molecule has 3 heterocycles. The molecule has 8 heteroatoms. The van der Waals surface area contributed by atoms with Gasteiger partial charge in [0, 0.05) is 49.9 Å². The van der Waals surface area contributed by atoms with Crippen LogP contribution in [0.5, 0.6) is 0 Å². The van der Waals surface area contributed by atoms with Crippen LogP contribution in [0.2, 0.25) is 0 Å². The molecule has 1 aliphatic carbocycles. The van der Waals surface area contributed by atoms with Crippen molar-refractivity contribution in [3.63, 3.8) is 0 Å². The van der Waals surface area contributed by atoms with Crippen molar-refractivity contribution in [1.82, 2.24) is 10.2 Å². The number of alkyl halides is 1. The first-order chi connectivity index (χ1) is 14.8. The number of piperidine rings is 2. The summed E-state index contributed by atoms with van der Waals surface area (Å²) in [6.07, 6.45) is 4.20. The smallest absolute Gasteiger partial charge is 0.225 e. The van der Waals surface area contributed by atoms with Crippen molar-refractivity contribution in [1.29, 1.82) is 0 Å². The molecular formula is C23H37ClN3O4-. The lowest BCUT2D eigenvalue weighted by atomic mass is 9.75. The second-order valence-corrected chi connectivity index (χ2v) is 10.8. The van der Waals surface area contributed by atoms with Crippen molar-refractivity contribution in [3.05, 3.63) is 0 Å². The third-order valence-corrected chi connectivity index (χ3v) is 8.35. The Balaban J connectivity index is 1.38. The van der Waals surface area contributed by atoms with E-state index in [2.05, 4.69) is 29.1 Å². The summed E-state index contributed by atoms with van der Waals surface area (Å²) >= 11 is 6.63. The van der Waals surface area contributed by atoms with E-state index in [1.54, 1.807) is 0 Å². The van der Waals surface area contributed by atoms with Crippen LogP contribution in [-0.2, 0) is 14.3 Å². The van der Waals surface area contributed by atoms with Gasteiger partial charge in [-0.1, -0.05) is 13.8 Å². The highest BCUT2D eigenvalue weighted by Crippen LogP contribution is 2.39. The van der Waals surface area contributed by atoms with Gasteiger partial charge in [0.25, 0.3) is 0 Å². The van der Waals surface area contributed by atoms with Gasteiger partial charge in [0.05, 0.1) is 19.1 Å². The number of nitrogens with zero attached hydrogens (tertiary/aromatic N) is 2. The maximum Gasteiger partial charge on any atom is 0.225 e. The van der Waals surface area contributed by atoms with E-state index in [0.29, 0.717) is 19.6 Å². The summed E-state index contributed by atoms with van der Waals surface area (Å²) < 4.78 is 11.7. The number of rotatable bonds is 4. The van der Waals surface area contributed by atoms with E-state index < -0.39 is 5.79 Å². The maximum atomic E-state index is 13.1. The lowest BCUT2D eigenvalue weighted by Crippen LogP contribution is -2.55. The molecule has 7 nitrogen and oxygen atoms in total. The average molecular weight is 455 g/mol. The summed E-state index contributed by atoms with van der Waals surface area (Å²) in [6.45, 7) is 9.69. The highest BCUT2D eigenvalue weighted by molar-refractivity contribution is 6.20. The summed E-state index contributed by atoms with van der Waals surface area (Å²) in [4.78, 5) is 19.2. The van der Waals surface area contributed by atoms with E-state index in [-0.39, 0.29) is 59.5 Å². The Bertz CT molecular complexity index is 674. The van der Waals surface area contributed by atoms with Crippen LogP contribution in [0.15, 0.2) is 4.99 Å². The number of ether oxygens (including phenoxy) is 2. The van der Waals surface area contributed by atoms with Crippen LogP contribution in [-0.4, -0.2) is 72.8 Å². The van der Waals surface area contributed by atoms with E-state index in [1.165, 1.54) is 0 Å². The Morgan fingerprint density at radius 2 is 1.87 bits per heavy atom. The fourth-order valence-corrected chi connectivity index (χ4v) is 6.45. The van der Waals surface area contributed by atoms with Crippen molar-refractivity contribution < 1.29 is 19.4 Å². The Labute approximate surface area is 190 Å². The maximum absolute atomic E-state index is 13.1. The standard InChI is InChI=1S/C23H38ClN3O4/c1-14-10-15(2)26-22(29)19(14)13-25-21(28)18-11-17(24)12-20(16(18)3)27-6-4-23(5-7-27)30-8-9-31-23/h14-20H,4-13H2,1-3H3,(H,25,28)(H,26,29)/p-1. The molecular weight excluding hydrogens is 418 g/mol. The molecule has 31 heavy (non-hydrogen) atoms. The molecule has 1 N–H and O–H groups in total. The van der Waals surface area contributed by atoms with Gasteiger partial charge in [0.15, 0.2) is 5.79 Å². The first kappa shape index (κ1) is 23.3. The van der Waals surface area contributed by atoms with Gasteiger partial charge in [-0.2, -0.15) is 0 Å². The molecule has 0 bridgehead atoms. The summed E-state index contributed by atoms with van der Waals surface area (Å²) in [7, 11) is 0. The van der Waals surface area contributed by atoms with Crippen LogP contribution in [0, 0.1) is 23.7 Å². The average Bonchev–Trinajstić information content (AvgIpc) is 3.17. The zero-order valence-corrected chi connectivity index (χ0v) is 19.8. The van der Waals surface area contributed by atoms with Crippen molar-refractivity contribution in [2.24, 2.45) is 28.7 Å². The number of halogens is 1. The summed E-state index contributed by atoms with van der Waals surface area (Å²) in [6, 6.07) is 0.450. The third kappa shape index (κ3) is 5.05. The molecule has 1 spiro atoms. The van der Waals surface area contributed by atoms with Crippen LogP contribution in [0.1, 0.15) is 52.9 Å². The second-order valence-electron chi connectivity index (χ2n) is 10.2. The van der Waals surface area contributed by atoms with Crippen molar-refractivity contribution in [2.75, 3.05) is 32.8 Å². The fraction of sp³-hybridized carbons (Fsp3) is 0.913. The van der Waals surface area contributed by atoms with E-state index in [0.717, 1.165) is 38.8 Å². The van der Waals surface area contributed by atoms with Crippen molar-refractivity contribution in [3.8, 4) is 0 Å². The lowest BCUT2D eigenvalue weighted by molar-refractivity contribution is -0.229. The van der Waals surface area contributed by atoms with Crippen LogP contribution >= 0.6 is 11.6 Å². The van der Waals surface area contributed by atoms with Gasteiger partial charge >= 0.3 is 0 Å². The molecule has 4 rings (SSSR count). The van der Waals surface area contributed by atoms with Crippen LogP contribution in [0.25, 0.3) is 0 Å². The fourth-order valence-electron chi connectivity index (χ4n) is 6.08. The third-order valence-electron chi connectivity index (χ3n) is 7.99. The summed E-state index contributed by atoms with van der Waals surface area (Å²) in [5, 5.41) is 16.1. The zero-order valence-electron chi connectivity index (χ0n) is 19.0.